The summed E-state index contributed by atoms with van der Waals surface area (Å²) in [6, 6.07) is 64.7. The Morgan fingerprint density at radius 3 is 1.50 bits per heavy atom. The van der Waals surface area contributed by atoms with Crippen LogP contribution in [0.2, 0.25) is 0 Å². The Balaban J connectivity index is 0.975. The van der Waals surface area contributed by atoms with Gasteiger partial charge in [-0.3, -0.25) is 0 Å². The Kier molecular flexibility index (Phi) is 7.42. The lowest BCUT2D eigenvalue weighted by Crippen LogP contribution is -2.00. The molecule has 3 aromatic heterocycles. The minimum Gasteiger partial charge on any atom is -0.456 e. The van der Waals surface area contributed by atoms with Crippen molar-refractivity contribution in [2.45, 2.75) is 0 Å². The van der Waals surface area contributed by atoms with Gasteiger partial charge < -0.3 is 8.83 Å². The van der Waals surface area contributed by atoms with Crippen molar-refractivity contribution < 1.29 is 8.83 Å². The van der Waals surface area contributed by atoms with Crippen LogP contribution in [0.5, 0.6) is 0 Å². The summed E-state index contributed by atoms with van der Waals surface area (Å²) >= 11 is 0. The quantitative estimate of drug-likeness (QED) is 0.171. The number of aromatic nitrogens is 3. The van der Waals surface area contributed by atoms with E-state index in [2.05, 4.69) is 121 Å². The molecule has 0 radical (unpaired) electrons. The van der Waals surface area contributed by atoms with Gasteiger partial charge in [-0.1, -0.05) is 152 Å². The van der Waals surface area contributed by atoms with Gasteiger partial charge in [0.25, 0.3) is 0 Å². The van der Waals surface area contributed by atoms with E-state index in [4.69, 9.17) is 23.8 Å². The van der Waals surface area contributed by atoms with Gasteiger partial charge in [0, 0.05) is 38.2 Å². The normalized spacial score (nSPS) is 11.6. The SMILES string of the molecule is c1ccc(-c2ccc(-c3ccc4oc5cccc(-c6ccc(-c7nc(-c8ccccc8)nc(-c8ccc9c(c8)oc8ccccc89)n7)cc6)c5c4c3)cc2)cc1. The van der Waals surface area contributed by atoms with Gasteiger partial charge in [0.2, 0.25) is 0 Å². The average Bonchev–Trinajstić information content (AvgIpc) is 3.85. The van der Waals surface area contributed by atoms with E-state index in [0.717, 1.165) is 82.8 Å². The lowest BCUT2D eigenvalue weighted by Gasteiger charge is -2.10. The highest BCUT2D eigenvalue weighted by Crippen LogP contribution is 2.39. The maximum atomic E-state index is 6.40. The summed E-state index contributed by atoms with van der Waals surface area (Å²) in [6.45, 7) is 0. The number of furan rings is 2. The highest BCUT2D eigenvalue weighted by Gasteiger charge is 2.17. The van der Waals surface area contributed by atoms with Gasteiger partial charge in [-0.25, -0.2) is 15.0 Å². The molecule has 0 saturated heterocycles. The number of hydrogen-bond acceptors (Lipinski definition) is 5. The van der Waals surface area contributed by atoms with E-state index in [9.17, 15) is 0 Å². The monoisotopic (exact) mass is 717 g/mol. The van der Waals surface area contributed by atoms with Crippen molar-refractivity contribution in [1.29, 1.82) is 0 Å². The minimum absolute atomic E-state index is 0.584. The molecule has 0 amide bonds. The summed E-state index contributed by atoms with van der Waals surface area (Å²) in [5.74, 6) is 1.79. The van der Waals surface area contributed by atoms with E-state index in [1.54, 1.807) is 0 Å². The molecule has 262 valence electrons. The molecule has 5 nitrogen and oxygen atoms in total. The molecule has 0 saturated carbocycles. The number of nitrogens with zero attached hydrogens (tertiary/aromatic N) is 3. The molecule has 0 aliphatic carbocycles. The van der Waals surface area contributed by atoms with E-state index in [0.29, 0.717) is 17.5 Å². The van der Waals surface area contributed by atoms with E-state index < -0.39 is 0 Å². The van der Waals surface area contributed by atoms with Crippen LogP contribution in [0.1, 0.15) is 0 Å². The molecule has 11 rings (SSSR count). The number of para-hydroxylation sites is 1. The smallest absolute Gasteiger partial charge is 0.164 e. The molecule has 0 atom stereocenters. The van der Waals surface area contributed by atoms with Crippen LogP contribution in [-0.2, 0) is 0 Å². The zero-order valence-corrected chi connectivity index (χ0v) is 30.1. The fourth-order valence-corrected chi connectivity index (χ4v) is 7.75. The summed E-state index contributed by atoms with van der Waals surface area (Å²) in [4.78, 5) is 15.0. The third kappa shape index (κ3) is 5.53. The molecule has 11 aromatic rings. The van der Waals surface area contributed by atoms with Crippen molar-refractivity contribution in [2.75, 3.05) is 0 Å². The van der Waals surface area contributed by atoms with Crippen molar-refractivity contribution in [3.63, 3.8) is 0 Å². The fourth-order valence-electron chi connectivity index (χ4n) is 7.75. The first-order chi connectivity index (χ1) is 27.7. The summed E-state index contributed by atoms with van der Waals surface area (Å²) in [5, 5.41) is 4.32. The Labute approximate surface area is 322 Å². The summed E-state index contributed by atoms with van der Waals surface area (Å²) in [7, 11) is 0. The highest BCUT2D eigenvalue weighted by molar-refractivity contribution is 6.13. The Bertz CT molecular complexity index is 3220. The molecular weight excluding hydrogens is 687 g/mol. The summed E-state index contributed by atoms with van der Waals surface area (Å²) in [5.41, 5.74) is 12.9. The molecule has 3 heterocycles. The van der Waals surface area contributed by atoms with Crippen LogP contribution < -0.4 is 0 Å². The maximum absolute atomic E-state index is 6.40. The van der Waals surface area contributed by atoms with Crippen LogP contribution in [0.15, 0.2) is 197 Å². The van der Waals surface area contributed by atoms with Crippen molar-refractivity contribution in [2.24, 2.45) is 0 Å². The fraction of sp³-hybridized carbons (Fsp3) is 0. The van der Waals surface area contributed by atoms with E-state index in [-0.39, 0.29) is 0 Å². The lowest BCUT2D eigenvalue weighted by molar-refractivity contribution is 0.668. The van der Waals surface area contributed by atoms with Crippen molar-refractivity contribution in [3.05, 3.63) is 188 Å². The second-order valence-electron chi connectivity index (χ2n) is 14.0. The third-order valence-corrected chi connectivity index (χ3v) is 10.6. The van der Waals surface area contributed by atoms with Gasteiger partial charge in [0.15, 0.2) is 17.5 Å². The zero-order valence-electron chi connectivity index (χ0n) is 30.1. The molecule has 0 aliphatic heterocycles. The molecule has 0 fully saturated rings. The zero-order chi connectivity index (χ0) is 37.0. The van der Waals surface area contributed by atoms with Crippen molar-refractivity contribution in [1.82, 2.24) is 15.0 Å². The maximum Gasteiger partial charge on any atom is 0.164 e. The standard InChI is InChI=1S/C51H31N3O2/c1-3-10-32(11-4-1)33-18-20-34(21-19-33)38-27-29-45-43(30-38)48-40(15-9-17-46(48)55-45)35-22-24-37(25-23-35)50-52-49(36-12-5-2-6-13-36)53-51(54-50)39-26-28-42-41-14-7-8-16-44(41)56-47(42)31-39/h1-31H. The predicted octanol–water partition coefficient (Wildman–Crippen LogP) is 13.7. The number of benzene rings is 8. The van der Waals surface area contributed by atoms with E-state index in [1.807, 2.05) is 66.7 Å². The first kappa shape index (κ1) is 31.9. The van der Waals surface area contributed by atoms with Gasteiger partial charge in [-0.15, -0.1) is 0 Å². The van der Waals surface area contributed by atoms with Crippen molar-refractivity contribution >= 4 is 43.9 Å². The van der Waals surface area contributed by atoms with Crippen LogP contribution >= 0.6 is 0 Å². The molecular formula is C51H31N3O2. The van der Waals surface area contributed by atoms with Crippen molar-refractivity contribution in [3.8, 4) is 67.5 Å². The molecule has 5 heteroatoms. The molecule has 8 aromatic carbocycles. The van der Waals surface area contributed by atoms with Crippen LogP contribution in [0.4, 0.5) is 0 Å². The van der Waals surface area contributed by atoms with Crippen LogP contribution in [0, 0.1) is 0 Å². The average molecular weight is 718 g/mol. The number of hydrogen-bond donors (Lipinski definition) is 0. The van der Waals surface area contributed by atoms with Gasteiger partial charge in [0.05, 0.1) is 0 Å². The second-order valence-corrected chi connectivity index (χ2v) is 14.0. The summed E-state index contributed by atoms with van der Waals surface area (Å²) < 4.78 is 12.6. The van der Waals surface area contributed by atoms with Gasteiger partial charge in [-0.05, 0) is 69.8 Å². The first-order valence-electron chi connectivity index (χ1n) is 18.7. The summed E-state index contributed by atoms with van der Waals surface area (Å²) in [6.07, 6.45) is 0. The van der Waals surface area contributed by atoms with E-state index in [1.165, 1.54) is 11.1 Å². The Hall–Kier alpha value is -7.63. The second kappa shape index (κ2) is 13.0. The largest absolute Gasteiger partial charge is 0.456 e. The Morgan fingerprint density at radius 2 is 0.750 bits per heavy atom. The van der Waals surface area contributed by atoms with Crippen LogP contribution in [0.3, 0.4) is 0 Å². The molecule has 0 aliphatic rings. The topological polar surface area (TPSA) is 65.0 Å². The first-order valence-corrected chi connectivity index (χ1v) is 18.7. The number of fused-ring (bicyclic) bond motifs is 6. The Morgan fingerprint density at radius 1 is 0.268 bits per heavy atom. The molecule has 0 spiro atoms. The minimum atomic E-state index is 0.584. The van der Waals surface area contributed by atoms with Crippen LogP contribution in [-0.4, -0.2) is 15.0 Å². The molecule has 56 heavy (non-hydrogen) atoms. The van der Waals surface area contributed by atoms with Gasteiger partial charge in [0.1, 0.15) is 22.3 Å². The van der Waals surface area contributed by atoms with Gasteiger partial charge >= 0.3 is 0 Å². The highest BCUT2D eigenvalue weighted by atomic mass is 16.3. The predicted molar refractivity (Wildman–Crippen MR) is 227 cm³/mol. The lowest BCUT2D eigenvalue weighted by atomic mass is 9.96. The number of rotatable bonds is 6. The molecule has 0 unspecified atom stereocenters. The third-order valence-electron chi connectivity index (χ3n) is 10.6. The van der Waals surface area contributed by atoms with Gasteiger partial charge in [-0.2, -0.15) is 0 Å². The molecule has 0 N–H and O–H groups in total. The molecule has 0 bridgehead atoms. The van der Waals surface area contributed by atoms with Crippen LogP contribution in [0.25, 0.3) is 111 Å². The van der Waals surface area contributed by atoms with E-state index >= 15 is 0 Å².